The molecular formula is C9H9ClN4. The minimum atomic E-state index is 0.636. The van der Waals surface area contributed by atoms with Crippen LogP contribution >= 0.6 is 11.6 Å². The minimum Gasteiger partial charge on any atom is -0.398 e. The van der Waals surface area contributed by atoms with Crippen molar-refractivity contribution in [2.75, 3.05) is 5.73 Å². The van der Waals surface area contributed by atoms with Gasteiger partial charge >= 0.3 is 0 Å². The average Bonchev–Trinajstić information content (AvgIpc) is 2.56. The summed E-state index contributed by atoms with van der Waals surface area (Å²) in [7, 11) is 1.86. The van der Waals surface area contributed by atoms with Crippen molar-refractivity contribution in [1.29, 1.82) is 0 Å². The number of nitrogens with zero attached hydrogens (tertiary/aromatic N) is 3. The Hall–Kier alpha value is -1.55. The van der Waals surface area contributed by atoms with Crippen molar-refractivity contribution in [1.82, 2.24) is 14.8 Å². The summed E-state index contributed by atoms with van der Waals surface area (Å²) in [6.07, 6.45) is 1.62. The highest BCUT2D eigenvalue weighted by atomic mass is 35.5. The summed E-state index contributed by atoms with van der Waals surface area (Å²) in [5.41, 5.74) is 7.26. The van der Waals surface area contributed by atoms with Crippen LogP contribution < -0.4 is 5.73 Å². The summed E-state index contributed by atoms with van der Waals surface area (Å²) in [6.45, 7) is 0. The van der Waals surface area contributed by atoms with Gasteiger partial charge in [-0.15, -0.1) is 10.2 Å². The lowest BCUT2D eigenvalue weighted by Crippen LogP contribution is -1.96. The maximum Gasteiger partial charge on any atom is 0.165 e. The van der Waals surface area contributed by atoms with E-state index in [1.807, 2.05) is 7.05 Å². The van der Waals surface area contributed by atoms with E-state index in [2.05, 4.69) is 10.2 Å². The Morgan fingerprint density at radius 2 is 2.21 bits per heavy atom. The molecule has 14 heavy (non-hydrogen) atoms. The van der Waals surface area contributed by atoms with E-state index in [1.165, 1.54) is 0 Å². The predicted octanol–water partition coefficient (Wildman–Crippen LogP) is 1.72. The van der Waals surface area contributed by atoms with E-state index in [-0.39, 0.29) is 0 Å². The Morgan fingerprint density at radius 1 is 1.43 bits per heavy atom. The van der Waals surface area contributed by atoms with Gasteiger partial charge in [-0.25, -0.2) is 0 Å². The van der Waals surface area contributed by atoms with Gasteiger partial charge in [-0.2, -0.15) is 0 Å². The molecule has 0 aliphatic heterocycles. The van der Waals surface area contributed by atoms with Crippen molar-refractivity contribution in [2.24, 2.45) is 7.05 Å². The Balaban J connectivity index is 2.62. The largest absolute Gasteiger partial charge is 0.398 e. The van der Waals surface area contributed by atoms with Gasteiger partial charge in [0.2, 0.25) is 0 Å². The van der Waals surface area contributed by atoms with Crippen molar-refractivity contribution in [2.45, 2.75) is 0 Å². The summed E-state index contributed by atoms with van der Waals surface area (Å²) in [5.74, 6) is 0.713. The molecule has 0 saturated carbocycles. The lowest BCUT2D eigenvalue weighted by molar-refractivity contribution is 0.920. The SMILES string of the molecule is Cn1cnnc1-c1cc(Cl)ccc1N. The molecule has 0 aliphatic carbocycles. The zero-order valence-electron chi connectivity index (χ0n) is 7.61. The van der Waals surface area contributed by atoms with Crippen molar-refractivity contribution in [3.05, 3.63) is 29.5 Å². The number of nitrogen functional groups attached to an aromatic ring is 1. The first-order valence-electron chi connectivity index (χ1n) is 4.08. The van der Waals surface area contributed by atoms with Crippen LogP contribution in [0.15, 0.2) is 24.5 Å². The number of nitrogens with two attached hydrogens (primary N) is 1. The summed E-state index contributed by atoms with van der Waals surface area (Å²) in [6, 6.07) is 5.28. The monoisotopic (exact) mass is 208 g/mol. The second kappa shape index (κ2) is 3.31. The van der Waals surface area contributed by atoms with E-state index in [0.717, 1.165) is 5.56 Å². The normalized spacial score (nSPS) is 10.4. The molecule has 0 aliphatic rings. The van der Waals surface area contributed by atoms with Crippen molar-refractivity contribution < 1.29 is 0 Å². The standard InChI is InChI=1S/C9H9ClN4/c1-14-5-12-13-9(14)7-4-6(10)2-3-8(7)11/h2-5H,11H2,1H3. The Kier molecular flexibility index (Phi) is 2.13. The molecular weight excluding hydrogens is 200 g/mol. The van der Waals surface area contributed by atoms with Crippen LogP contribution in [0, 0.1) is 0 Å². The molecule has 0 saturated heterocycles. The van der Waals surface area contributed by atoms with Crippen molar-refractivity contribution in [3.8, 4) is 11.4 Å². The molecule has 2 aromatic rings. The lowest BCUT2D eigenvalue weighted by atomic mass is 10.1. The molecule has 0 radical (unpaired) electrons. The second-order valence-corrected chi connectivity index (χ2v) is 3.43. The molecule has 0 fully saturated rings. The van der Waals surface area contributed by atoms with E-state index in [4.69, 9.17) is 17.3 Å². The number of aromatic nitrogens is 3. The molecule has 0 amide bonds. The molecule has 1 heterocycles. The summed E-state index contributed by atoms with van der Waals surface area (Å²) in [4.78, 5) is 0. The molecule has 2 rings (SSSR count). The number of halogens is 1. The third-order valence-electron chi connectivity index (χ3n) is 1.97. The summed E-state index contributed by atoms with van der Waals surface area (Å²) < 4.78 is 1.79. The number of hydrogen-bond donors (Lipinski definition) is 1. The first-order chi connectivity index (χ1) is 6.68. The first kappa shape index (κ1) is 9.02. The van der Waals surface area contributed by atoms with Crippen LogP contribution in [0.2, 0.25) is 5.02 Å². The van der Waals surface area contributed by atoms with Gasteiger partial charge in [-0.05, 0) is 18.2 Å². The highest BCUT2D eigenvalue weighted by Gasteiger charge is 2.08. The fraction of sp³-hybridized carbons (Fsp3) is 0.111. The van der Waals surface area contributed by atoms with E-state index in [0.29, 0.717) is 16.5 Å². The fourth-order valence-corrected chi connectivity index (χ4v) is 1.42. The van der Waals surface area contributed by atoms with Crippen LogP contribution in [0.1, 0.15) is 0 Å². The van der Waals surface area contributed by atoms with E-state index in [1.54, 1.807) is 29.1 Å². The van der Waals surface area contributed by atoms with Gasteiger partial charge in [-0.1, -0.05) is 11.6 Å². The summed E-state index contributed by atoms with van der Waals surface area (Å²) >= 11 is 5.87. The second-order valence-electron chi connectivity index (χ2n) is 3.00. The maximum atomic E-state index is 5.87. The number of aryl methyl sites for hydroxylation is 1. The highest BCUT2D eigenvalue weighted by Crippen LogP contribution is 2.26. The lowest BCUT2D eigenvalue weighted by Gasteiger charge is -2.04. The topological polar surface area (TPSA) is 56.7 Å². The van der Waals surface area contributed by atoms with Crippen molar-refractivity contribution in [3.63, 3.8) is 0 Å². The summed E-state index contributed by atoms with van der Waals surface area (Å²) in [5, 5.41) is 8.38. The van der Waals surface area contributed by atoms with Gasteiger partial charge in [0, 0.05) is 23.3 Å². The van der Waals surface area contributed by atoms with Crippen LogP contribution in [-0.4, -0.2) is 14.8 Å². The molecule has 72 valence electrons. The van der Waals surface area contributed by atoms with E-state index >= 15 is 0 Å². The third-order valence-corrected chi connectivity index (χ3v) is 2.20. The quantitative estimate of drug-likeness (QED) is 0.726. The van der Waals surface area contributed by atoms with Gasteiger partial charge in [0.05, 0.1) is 0 Å². The molecule has 5 heteroatoms. The van der Waals surface area contributed by atoms with Crippen LogP contribution in [0.4, 0.5) is 5.69 Å². The minimum absolute atomic E-state index is 0.636. The molecule has 0 bridgehead atoms. The Morgan fingerprint density at radius 3 is 2.86 bits per heavy atom. The number of hydrogen-bond acceptors (Lipinski definition) is 3. The molecule has 0 spiro atoms. The zero-order valence-corrected chi connectivity index (χ0v) is 8.36. The van der Waals surface area contributed by atoms with Gasteiger partial charge in [0.15, 0.2) is 5.82 Å². The van der Waals surface area contributed by atoms with Crippen LogP contribution in [0.25, 0.3) is 11.4 Å². The van der Waals surface area contributed by atoms with Gasteiger partial charge < -0.3 is 10.3 Å². The molecule has 0 atom stereocenters. The predicted molar refractivity (Wildman–Crippen MR) is 55.9 cm³/mol. The maximum absolute atomic E-state index is 5.87. The fourth-order valence-electron chi connectivity index (χ4n) is 1.25. The first-order valence-corrected chi connectivity index (χ1v) is 4.45. The Labute approximate surface area is 86.3 Å². The van der Waals surface area contributed by atoms with Crippen LogP contribution in [-0.2, 0) is 7.05 Å². The van der Waals surface area contributed by atoms with Crippen molar-refractivity contribution >= 4 is 17.3 Å². The van der Waals surface area contributed by atoms with Gasteiger partial charge in [0.25, 0.3) is 0 Å². The molecule has 1 aromatic heterocycles. The number of benzene rings is 1. The molecule has 0 unspecified atom stereocenters. The highest BCUT2D eigenvalue weighted by molar-refractivity contribution is 6.31. The zero-order chi connectivity index (χ0) is 10.1. The van der Waals surface area contributed by atoms with Gasteiger partial charge in [-0.3, -0.25) is 0 Å². The Bertz CT molecular complexity index is 464. The van der Waals surface area contributed by atoms with E-state index in [9.17, 15) is 0 Å². The molecule has 1 aromatic carbocycles. The number of rotatable bonds is 1. The smallest absolute Gasteiger partial charge is 0.165 e. The van der Waals surface area contributed by atoms with Crippen LogP contribution in [0.3, 0.4) is 0 Å². The van der Waals surface area contributed by atoms with Gasteiger partial charge in [0.1, 0.15) is 6.33 Å². The number of anilines is 1. The van der Waals surface area contributed by atoms with Crippen LogP contribution in [0.5, 0.6) is 0 Å². The molecule has 2 N–H and O–H groups in total. The van der Waals surface area contributed by atoms with E-state index < -0.39 is 0 Å². The average molecular weight is 209 g/mol. The third kappa shape index (κ3) is 1.44. The molecule has 4 nitrogen and oxygen atoms in total.